The number of nitrogens with zero attached hydrogens (tertiary/aromatic N) is 1. The van der Waals surface area contributed by atoms with E-state index in [4.69, 9.17) is 10.5 Å². The zero-order valence-electron chi connectivity index (χ0n) is 12.7. The number of aromatic nitrogens is 1. The van der Waals surface area contributed by atoms with Crippen LogP contribution < -0.4 is 15.8 Å². The van der Waals surface area contributed by atoms with Crippen LogP contribution in [0.1, 0.15) is 40.5 Å². The minimum Gasteiger partial charge on any atom is -0.476 e. The summed E-state index contributed by atoms with van der Waals surface area (Å²) in [6, 6.07) is 3.57. The van der Waals surface area contributed by atoms with Crippen LogP contribution in [0.15, 0.2) is 12.1 Å². The highest BCUT2D eigenvalue weighted by molar-refractivity contribution is 5.54. The van der Waals surface area contributed by atoms with Crippen molar-refractivity contribution in [1.29, 1.82) is 0 Å². The molecule has 0 atom stereocenters. The van der Waals surface area contributed by atoms with Crippen molar-refractivity contribution in [3.8, 4) is 5.88 Å². The molecule has 0 radical (unpaired) electrons. The van der Waals surface area contributed by atoms with Crippen LogP contribution in [0.2, 0.25) is 0 Å². The molecule has 0 unspecified atom stereocenters. The Hall–Kier alpha value is -1.49. The second-order valence-electron chi connectivity index (χ2n) is 6.65. The maximum atomic E-state index is 10.2. The lowest BCUT2D eigenvalue weighted by molar-refractivity contribution is 0.0238. The molecule has 5 nitrogen and oxygen atoms in total. The fourth-order valence-corrected chi connectivity index (χ4v) is 1.59. The fourth-order valence-electron chi connectivity index (χ4n) is 1.59. The third kappa shape index (κ3) is 3.54. The standard InChI is InChI=1S/C15H25N3O2/c1-14(2,15(3,4)19)18-12-8-7-11(16)13(17-12)20-9-10-5-6-10/h7-8,10,19H,5-6,9,16H2,1-4H3,(H,17,18). The third-order valence-electron chi connectivity index (χ3n) is 4.01. The van der Waals surface area contributed by atoms with E-state index in [1.54, 1.807) is 26.0 Å². The van der Waals surface area contributed by atoms with Gasteiger partial charge in [0.2, 0.25) is 5.88 Å². The zero-order valence-corrected chi connectivity index (χ0v) is 12.7. The molecule has 0 amide bonds. The summed E-state index contributed by atoms with van der Waals surface area (Å²) in [6.45, 7) is 8.06. The summed E-state index contributed by atoms with van der Waals surface area (Å²) in [7, 11) is 0. The molecule has 2 rings (SSSR count). The number of nitrogen functional groups attached to an aromatic ring is 1. The predicted octanol–water partition coefficient (Wildman–Crippen LogP) is 2.41. The smallest absolute Gasteiger partial charge is 0.239 e. The van der Waals surface area contributed by atoms with Crippen molar-refractivity contribution in [2.75, 3.05) is 17.7 Å². The van der Waals surface area contributed by atoms with Crippen LogP contribution in [-0.2, 0) is 0 Å². The molecular weight excluding hydrogens is 254 g/mol. The number of aliphatic hydroxyl groups is 1. The van der Waals surface area contributed by atoms with Crippen LogP contribution in [0.4, 0.5) is 11.5 Å². The summed E-state index contributed by atoms with van der Waals surface area (Å²) in [6.07, 6.45) is 2.45. The average molecular weight is 279 g/mol. The number of nitrogens with two attached hydrogens (primary N) is 1. The van der Waals surface area contributed by atoms with Crippen molar-refractivity contribution >= 4 is 11.5 Å². The van der Waals surface area contributed by atoms with Gasteiger partial charge in [0.1, 0.15) is 5.82 Å². The third-order valence-corrected chi connectivity index (χ3v) is 4.01. The first-order valence-electron chi connectivity index (χ1n) is 7.09. The molecular formula is C15H25N3O2. The molecule has 1 aromatic rings. The van der Waals surface area contributed by atoms with Crippen molar-refractivity contribution in [2.24, 2.45) is 5.92 Å². The molecule has 5 heteroatoms. The zero-order chi connectivity index (χ0) is 15.0. The van der Waals surface area contributed by atoms with Gasteiger partial charge in [0.15, 0.2) is 0 Å². The first kappa shape index (κ1) is 14.9. The number of nitrogens with one attached hydrogen (secondary N) is 1. The Kier molecular flexibility index (Phi) is 3.82. The topological polar surface area (TPSA) is 80.4 Å². The molecule has 0 spiro atoms. The predicted molar refractivity (Wildman–Crippen MR) is 80.9 cm³/mol. The number of hydrogen-bond donors (Lipinski definition) is 3. The summed E-state index contributed by atoms with van der Waals surface area (Å²) in [4.78, 5) is 4.40. The molecule has 0 saturated heterocycles. The van der Waals surface area contributed by atoms with Crippen LogP contribution >= 0.6 is 0 Å². The van der Waals surface area contributed by atoms with Crippen molar-refractivity contribution in [3.63, 3.8) is 0 Å². The number of pyridine rings is 1. The average Bonchev–Trinajstić information content (AvgIpc) is 3.12. The molecule has 0 aromatic carbocycles. The highest BCUT2D eigenvalue weighted by atomic mass is 16.5. The van der Waals surface area contributed by atoms with E-state index >= 15 is 0 Å². The van der Waals surface area contributed by atoms with Gasteiger partial charge in [-0.05, 0) is 58.6 Å². The molecule has 1 aromatic heterocycles. The van der Waals surface area contributed by atoms with E-state index in [0.29, 0.717) is 29.9 Å². The summed E-state index contributed by atoms with van der Waals surface area (Å²) in [5.41, 5.74) is 5.01. The molecule has 1 fully saturated rings. The van der Waals surface area contributed by atoms with Crippen molar-refractivity contribution in [3.05, 3.63) is 12.1 Å². The van der Waals surface area contributed by atoms with Crippen LogP contribution in [0, 0.1) is 5.92 Å². The van der Waals surface area contributed by atoms with E-state index in [1.165, 1.54) is 12.8 Å². The van der Waals surface area contributed by atoms with Gasteiger partial charge in [0, 0.05) is 0 Å². The molecule has 0 bridgehead atoms. The lowest BCUT2D eigenvalue weighted by Gasteiger charge is -2.38. The van der Waals surface area contributed by atoms with E-state index in [2.05, 4.69) is 10.3 Å². The second-order valence-corrected chi connectivity index (χ2v) is 6.65. The summed E-state index contributed by atoms with van der Waals surface area (Å²) in [5.74, 6) is 1.77. The van der Waals surface area contributed by atoms with Gasteiger partial charge in [0.05, 0.1) is 23.4 Å². The molecule has 1 aliphatic carbocycles. The van der Waals surface area contributed by atoms with Gasteiger partial charge in [-0.2, -0.15) is 4.98 Å². The Bertz CT molecular complexity index is 476. The van der Waals surface area contributed by atoms with E-state index in [-0.39, 0.29) is 0 Å². The van der Waals surface area contributed by atoms with Crippen LogP contribution in [0.3, 0.4) is 0 Å². The van der Waals surface area contributed by atoms with Gasteiger partial charge < -0.3 is 20.9 Å². The Balaban J connectivity index is 2.09. The first-order chi connectivity index (χ1) is 9.19. The normalized spacial score (nSPS) is 16.1. The van der Waals surface area contributed by atoms with Crippen LogP contribution in [0.25, 0.3) is 0 Å². The molecule has 1 saturated carbocycles. The van der Waals surface area contributed by atoms with Gasteiger partial charge in [-0.15, -0.1) is 0 Å². The van der Waals surface area contributed by atoms with Gasteiger partial charge in [-0.25, -0.2) is 0 Å². The lowest BCUT2D eigenvalue weighted by Crippen LogP contribution is -2.51. The Morgan fingerprint density at radius 2 is 2.00 bits per heavy atom. The minimum atomic E-state index is -0.884. The molecule has 1 aliphatic rings. The highest BCUT2D eigenvalue weighted by Gasteiger charge is 2.35. The first-order valence-corrected chi connectivity index (χ1v) is 7.09. The van der Waals surface area contributed by atoms with Crippen molar-refractivity contribution in [2.45, 2.75) is 51.7 Å². The molecule has 1 heterocycles. The van der Waals surface area contributed by atoms with Gasteiger partial charge in [0.25, 0.3) is 0 Å². The van der Waals surface area contributed by atoms with Crippen LogP contribution in [-0.4, -0.2) is 27.8 Å². The second kappa shape index (κ2) is 5.13. The number of ether oxygens (including phenoxy) is 1. The summed E-state index contributed by atoms with van der Waals surface area (Å²) in [5, 5.41) is 13.4. The maximum absolute atomic E-state index is 10.2. The van der Waals surface area contributed by atoms with Crippen molar-refractivity contribution < 1.29 is 9.84 Å². The molecule has 112 valence electrons. The largest absolute Gasteiger partial charge is 0.476 e. The SMILES string of the molecule is CC(C)(O)C(C)(C)Nc1ccc(N)c(OCC2CC2)n1. The fraction of sp³-hybridized carbons (Fsp3) is 0.667. The van der Waals surface area contributed by atoms with E-state index < -0.39 is 11.1 Å². The monoisotopic (exact) mass is 279 g/mol. The number of hydrogen-bond acceptors (Lipinski definition) is 5. The van der Waals surface area contributed by atoms with Gasteiger partial charge in [-0.3, -0.25) is 0 Å². The molecule has 4 N–H and O–H groups in total. The number of rotatable bonds is 6. The van der Waals surface area contributed by atoms with Crippen molar-refractivity contribution in [1.82, 2.24) is 4.98 Å². The number of anilines is 2. The lowest BCUT2D eigenvalue weighted by atomic mass is 9.86. The van der Waals surface area contributed by atoms with Gasteiger partial charge >= 0.3 is 0 Å². The maximum Gasteiger partial charge on any atom is 0.239 e. The van der Waals surface area contributed by atoms with E-state index in [1.807, 2.05) is 13.8 Å². The summed E-state index contributed by atoms with van der Waals surface area (Å²) < 4.78 is 5.66. The molecule has 20 heavy (non-hydrogen) atoms. The van der Waals surface area contributed by atoms with Crippen LogP contribution in [0.5, 0.6) is 5.88 Å². The van der Waals surface area contributed by atoms with E-state index in [0.717, 1.165) is 0 Å². The summed E-state index contributed by atoms with van der Waals surface area (Å²) >= 11 is 0. The quantitative estimate of drug-likeness (QED) is 0.745. The molecule has 0 aliphatic heterocycles. The van der Waals surface area contributed by atoms with E-state index in [9.17, 15) is 5.11 Å². The minimum absolute atomic E-state index is 0.466. The Labute approximate surface area is 120 Å². The Morgan fingerprint density at radius 1 is 1.35 bits per heavy atom. The Morgan fingerprint density at radius 3 is 2.55 bits per heavy atom. The van der Waals surface area contributed by atoms with Gasteiger partial charge in [-0.1, -0.05) is 0 Å². The highest BCUT2D eigenvalue weighted by Crippen LogP contribution is 2.31.